The van der Waals surface area contributed by atoms with Crippen LogP contribution in [0.1, 0.15) is 46.0 Å². The van der Waals surface area contributed by atoms with E-state index in [0.717, 1.165) is 12.5 Å². The normalized spacial score (nSPS) is 29.4. The van der Waals surface area contributed by atoms with Crippen molar-refractivity contribution in [2.45, 2.75) is 52.0 Å². The molecule has 1 aliphatic heterocycles. The van der Waals surface area contributed by atoms with Crippen molar-refractivity contribution in [3.8, 4) is 0 Å². The van der Waals surface area contributed by atoms with Gasteiger partial charge in [-0.2, -0.15) is 0 Å². The third-order valence-corrected chi connectivity index (χ3v) is 3.59. The van der Waals surface area contributed by atoms with Crippen molar-refractivity contribution < 1.29 is 0 Å². The third kappa shape index (κ3) is 3.25. The predicted molar refractivity (Wildman–Crippen MR) is 62.3 cm³/mol. The largest absolute Gasteiger partial charge is 0.329 e. The molecule has 2 nitrogen and oxygen atoms in total. The quantitative estimate of drug-likeness (QED) is 0.734. The summed E-state index contributed by atoms with van der Waals surface area (Å²) in [5.74, 6) is 0.932. The van der Waals surface area contributed by atoms with Crippen molar-refractivity contribution in [2.75, 3.05) is 19.6 Å². The van der Waals surface area contributed by atoms with E-state index in [-0.39, 0.29) is 0 Å². The van der Waals surface area contributed by atoms with Crippen LogP contribution in [-0.4, -0.2) is 30.6 Å². The summed E-state index contributed by atoms with van der Waals surface area (Å²) < 4.78 is 0. The number of nitrogens with two attached hydrogens (primary N) is 1. The summed E-state index contributed by atoms with van der Waals surface area (Å²) in [7, 11) is 0. The van der Waals surface area contributed by atoms with Gasteiger partial charge in [0.25, 0.3) is 0 Å². The SMILES string of the molecule is CCCCN1CCC(CC)CC1CN. The van der Waals surface area contributed by atoms with Crippen LogP contribution in [0.15, 0.2) is 0 Å². The zero-order valence-electron chi connectivity index (χ0n) is 9.84. The number of piperidine rings is 1. The van der Waals surface area contributed by atoms with Crippen LogP contribution in [0.4, 0.5) is 0 Å². The van der Waals surface area contributed by atoms with Crippen LogP contribution in [0.2, 0.25) is 0 Å². The number of hydrogen-bond donors (Lipinski definition) is 1. The molecule has 2 atom stereocenters. The highest BCUT2D eigenvalue weighted by Crippen LogP contribution is 2.24. The number of unbranched alkanes of at least 4 members (excludes halogenated alkanes) is 1. The summed E-state index contributed by atoms with van der Waals surface area (Å²) in [5.41, 5.74) is 5.84. The van der Waals surface area contributed by atoms with Gasteiger partial charge in [-0.1, -0.05) is 26.7 Å². The summed E-state index contributed by atoms with van der Waals surface area (Å²) in [6.07, 6.45) is 6.67. The number of likely N-dealkylation sites (tertiary alicyclic amines) is 1. The van der Waals surface area contributed by atoms with Crippen LogP contribution >= 0.6 is 0 Å². The van der Waals surface area contributed by atoms with Gasteiger partial charge in [0.1, 0.15) is 0 Å². The first-order chi connectivity index (χ1) is 6.81. The van der Waals surface area contributed by atoms with E-state index >= 15 is 0 Å². The fraction of sp³-hybridized carbons (Fsp3) is 1.00. The highest BCUT2D eigenvalue weighted by molar-refractivity contribution is 4.81. The molecule has 0 aliphatic carbocycles. The first kappa shape index (κ1) is 12.0. The fourth-order valence-corrected chi connectivity index (χ4v) is 2.45. The molecule has 1 fully saturated rings. The highest BCUT2D eigenvalue weighted by atomic mass is 15.2. The lowest BCUT2D eigenvalue weighted by atomic mass is 9.89. The van der Waals surface area contributed by atoms with Crippen LogP contribution < -0.4 is 5.73 Å². The second-order valence-electron chi connectivity index (χ2n) is 4.58. The Morgan fingerprint density at radius 3 is 2.71 bits per heavy atom. The molecule has 0 saturated carbocycles. The Bertz CT molecular complexity index is 147. The lowest BCUT2D eigenvalue weighted by Gasteiger charge is -2.38. The summed E-state index contributed by atoms with van der Waals surface area (Å²) >= 11 is 0. The van der Waals surface area contributed by atoms with Gasteiger partial charge in [0.2, 0.25) is 0 Å². The van der Waals surface area contributed by atoms with Crippen LogP contribution in [0.5, 0.6) is 0 Å². The lowest BCUT2D eigenvalue weighted by Crippen LogP contribution is -2.46. The van der Waals surface area contributed by atoms with E-state index in [1.807, 2.05) is 0 Å². The lowest BCUT2D eigenvalue weighted by molar-refractivity contribution is 0.113. The van der Waals surface area contributed by atoms with Crippen molar-refractivity contribution in [2.24, 2.45) is 11.7 Å². The van der Waals surface area contributed by atoms with E-state index in [4.69, 9.17) is 5.73 Å². The zero-order chi connectivity index (χ0) is 10.4. The van der Waals surface area contributed by atoms with Crippen molar-refractivity contribution >= 4 is 0 Å². The molecule has 14 heavy (non-hydrogen) atoms. The molecular formula is C12H26N2. The first-order valence-electron chi connectivity index (χ1n) is 6.25. The van der Waals surface area contributed by atoms with Gasteiger partial charge in [-0.05, 0) is 38.3 Å². The number of rotatable bonds is 5. The Hall–Kier alpha value is -0.0800. The molecule has 0 amide bonds. The van der Waals surface area contributed by atoms with E-state index in [0.29, 0.717) is 6.04 Å². The zero-order valence-corrected chi connectivity index (χ0v) is 9.84. The molecular weight excluding hydrogens is 172 g/mol. The molecule has 0 spiro atoms. The van der Waals surface area contributed by atoms with Crippen molar-refractivity contribution in [3.63, 3.8) is 0 Å². The van der Waals surface area contributed by atoms with E-state index in [1.54, 1.807) is 0 Å². The Morgan fingerprint density at radius 1 is 1.36 bits per heavy atom. The topological polar surface area (TPSA) is 29.3 Å². The summed E-state index contributed by atoms with van der Waals surface area (Å²) in [6, 6.07) is 0.667. The molecule has 1 rings (SSSR count). The molecule has 0 aromatic carbocycles. The van der Waals surface area contributed by atoms with E-state index in [9.17, 15) is 0 Å². The molecule has 2 N–H and O–H groups in total. The molecule has 1 aliphatic rings. The Morgan fingerprint density at radius 2 is 2.14 bits per heavy atom. The maximum Gasteiger partial charge on any atom is 0.0221 e. The number of nitrogens with zero attached hydrogens (tertiary/aromatic N) is 1. The molecule has 84 valence electrons. The average Bonchev–Trinajstić information content (AvgIpc) is 2.26. The van der Waals surface area contributed by atoms with Crippen molar-refractivity contribution in [1.82, 2.24) is 4.90 Å². The van der Waals surface area contributed by atoms with E-state index < -0.39 is 0 Å². The maximum atomic E-state index is 5.84. The van der Waals surface area contributed by atoms with Crippen molar-refractivity contribution in [1.29, 1.82) is 0 Å². The van der Waals surface area contributed by atoms with Gasteiger partial charge in [-0.25, -0.2) is 0 Å². The first-order valence-corrected chi connectivity index (χ1v) is 6.25. The third-order valence-electron chi connectivity index (χ3n) is 3.59. The van der Waals surface area contributed by atoms with Gasteiger partial charge in [0.05, 0.1) is 0 Å². The molecule has 2 heteroatoms. The Labute approximate surface area is 88.8 Å². The molecule has 1 saturated heterocycles. The minimum Gasteiger partial charge on any atom is -0.329 e. The second-order valence-corrected chi connectivity index (χ2v) is 4.58. The highest BCUT2D eigenvalue weighted by Gasteiger charge is 2.25. The smallest absolute Gasteiger partial charge is 0.0221 e. The monoisotopic (exact) mass is 198 g/mol. The van der Waals surface area contributed by atoms with Crippen LogP contribution in [0.3, 0.4) is 0 Å². The standard InChI is InChI=1S/C12H26N2/c1-3-5-7-14-8-6-11(4-2)9-12(14)10-13/h11-12H,3-10,13H2,1-2H3. The summed E-state index contributed by atoms with van der Waals surface area (Å²) in [5, 5.41) is 0. The van der Waals surface area contributed by atoms with Crippen LogP contribution in [0.25, 0.3) is 0 Å². The second kappa shape index (κ2) is 6.41. The average molecular weight is 198 g/mol. The van der Waals surface area contributed by atoms with Gasteiger partial charge < -0.3 is 5.73 Å². The predicted octanol–water partition coefficient (Wildman–Crippen LogP) is 2.24. The van der Waals surface area contributed by atoms with E-state index in [1.165, 1.54) is 45.2 Å². The maximum absolute atomic E-state index is 5.84. The van der Waals surface area contributed by atoms with Crippen LogP contribution in [-0.2, 0) is 0 Å². The fourth-order valence-electron chi connectivity index (χ4n) is 2.45. The molecule has 0 aromatic rings. The van der Waals surface area contributed by atoms with Crippen LogP contribution in [0, 0.1) is 5.92 Å². The molecule has 0 radical (unpaired) electrons. The van der Waals surface area contributed by atoms with Gasteiger partial charge >= 0.3 is 0 Å². The molecule has 2 unspecified atom stereocenters. The summed E-state index contributed by atoms with van der Waals surface area (Å²) in [6.45, 7) is 7.95. The van der Waals surface area contributed by atoms with E-state index in [2.05, 4.69) is 18.7 Å². The Kier molecular flexibility index (Phi) is 5.49. The van der Waals surface area contributed by atoms with Gasteiger partial charge in [0.15, 0.2) is 0 Å². The molecule has 0 aromatic heterocycles. The van der Waals surface area contributed by atoms with Crippen molar-refractivity contribution in [3.05, 3.63) is 0 Å². The Balaban J connectivity index is 2.35. The number of hydrogen-bond acceptors (Lipinski definition) is 2. The molecule has 1 heterocycles. The van der Waals surface area contributed by atoms with Gasteiger partial charge in [-0.15, -0.1) is 0 Å². The van der Waals surface area contributed by atoms with Gasteiger partial charge in [0, 0.05) is 12.6 Å². The van der Waals surface area contributed by atoms with Gasteiger partial charge in [-0.3, -0.25) is 4.90 Å². The minimum absolute atomic E-state index is 0.667. The summed E-state index contributed by atoms with van der Waals surface area (Å²) in [4.78, 5) is 2.61. The molecule has 0 bridgehead atoms. The minimum atomic E-state index is 0.667.